The normalized spacial score (nSPS) is 17.8. The number of nitrogens with zero attached hydrogens (tertiary/aromatic N) is 4. The fourth-order valence-corrected chi connectivity index (χ4v) is 4.39. The summed E-state index contributed by atoms with van der Waals surface area (Å²) in [7, 11) is 0. The van der Waals surface area contributed by atoms with E-state index in [1.165, 1.54) is 11.1 Å². The summed E-state index contributed by atoms with van der Waals surface area (Å²) in [4.78, 5) is 26.5. The number of nitrogens with one attached hydrogen (secondary N) is 1. The van der Waals surface area contributed by atoms with E-state index in [9.17, 15) is 4.79 Å². The zero-order chi connectivity index (χ0) is 22.8. The van der Waals surface area contributed by atoms with E-state index in [1.807, 2.05) is 48.2 Å². The summed E-state index contributed by atoms with van der Waals surface area (Å²) in [5, 5.41) is 3.30. The Hall–Kier alpha value is -3.61. The van der Waals surface area contributed by atoms with E-state index in [1.54, 1.807) is 0 Å². The minimum absolute atomic E-state index is 0.0877. The first-order valence-corrected chi connectivity index (χ1v) is 11.5. The van der Waals surface area contributed by atoms with Crippen LogP contribution in [0.2, 0.25) is 0 Å². The molecule has 1 saturated heterocycles. The van der Waals surface area contributed by atoms with Crippen LogP contribution >= 0.6 is 0 Å². The molecule has 2 aliphatic heterocycles. The van der Waals surface area contributed by atoms with Crippen LogP contribution < -0.4 is 15.0 Å². The Morgan fingerprint density at radius 2 is 1.76 bits per heavy atom. The smallest absolute Gasteiger partial charge is 0.263 e. The van der Waals surface area contributed by atoms with Crippen LogP contribution in [-0.4, -0.2) is 53.1 Å². The highest BCUT2D eigenvalue weighted by atomic mass is 16.5. The van der Waals surface area contributed by atoms with E-state index in [-0.39, 0.29) is 5.91 Å². The number of hydrogen-bond donors (Lipinski definition) is 1. The second kappa shape index (κ2) is 9.10. The molecule has 170 valence electrons. The number of aromatic nitrogens is 2. The lowest BCUT2D eigenvalue weighted by Crippen LogP contribution is -2.53. The number of fused-ring (bicyclic) bond motifs is 1. The fourth-order valence-electron chi connectivity index (χ4n) is 4.39. The van der Waals surface area contributed by atoms with Crippen LogP contribution in [0, 0.1) is 13.8 Å². The maximum Gasteiger partial charge on any atom is 0.263 e. The molecule has 2 aliphatic rings. The van der Waals surface area contributed by atoms with Gasteiger partial charge in [0.25, 0.3) is 5.91 Å². The molecule has 7 heteroatoms. The fraction of sp³-hybridized carbons (Fsp3) is 0.346. The van der Waals surface area contributed by atoms with Gasteiger partial charge in [-0.05, 0) is 50.5 Å². The number of carbonyl (C=O) groups excluding carboxylic acids is 1. The lowest BCUT2D eigenvalue weighted by atomic mass is 10.0. The molecule has 5 rings (SSSR count). The molecular formula is C26H29N5O2. The van der Waals surface area contributed by atoms with E-state index < -0.39 is 6.10 Å². The van der Waals surface area contributed by atoms with Crippen molar-refractivity contribution in [2.24, 2.45) is 0 Å². The second-order valence-electron chi connectivity index (χ2n) is 8.75. The third-order valence-corrected chi connectivity index (χ3v) is 6.26. The molecule has 0 bridgehead atoms. The molecule has 1 unspecified atom stereocenters. The van der Waals surface area contributed by atoms with Crippen LogP contribution in [0.25, 0.3) is 0 Å². The Morgan fingerprint density at radius 1 is 1.00 bits per heavy atom. The first-order valence-electron chi connectivity index (χ1n) is 11.5. The van der Waals surface area contributed by atoms with Crippen molar-refractivity contribution < 1.29 is 9.53 Å². The number of aryl methyl sites for hydroxylation is 3. The predicted octanol–water partition coefficient (Wildman–Crippen LogP) is 3.88. The summed E-state index contributed by atoms with van der Waals surface area (Å²) >= 11 is 0. The van der Waals surface area contributed by atoms with Crippen LogP contribution in [-0.2, 0) is 11.2 Å². The van der Waals surface area contributed by atoms with E-state index in [4.69, 9.17) is 9.72 Å². The number of para-hydroxylation sites is 1. The van der Waals surface area contributed by atoms with E-state index in [0.29, 0.717) is 19.0 Å². The van der Waals surface area contributed by atoms with Gasteiger partial charge < -0.3 is 19.9 Å². The molecule has 3 aromatic rings. The van der Waals surface area contributed by atoms with Crippen LogP contribution in [0.3, 0.4) is 0 Å². The Morgan fingerprint density at radius 3 is 2.55 bits per heavy atom. The quantitative estimate of drug-likeness (QED) is 0.660. The maximum atomic E-state index is 13.1. The Balaban J connectivity index is 1.21. The van der Waals surface area contributed by atoms with E-state index in [0.717, 1.165) is 48.9 Å². The van der Waals surface area contributed by atoms with Crippen LogP contribution in [0.4, 0.5) is 17.5 Å². The highest BCUT2D eigenvalue weighted by molar-refractivity contribution is 5.82. The monoisotopic (exact) mass is 443 g/mol. The molecule has 0 radical (unpaired) electrons. The van der Waals surface area contributed by atoms with Gasteiger partial charge in [0.05, 0.1) is 0 Å². The van der Waals surface area contributed by atoms with Crippen molar-refractivity contribution in [3.63, 3.8) is 0 Å². The molecule has 3 heterocycles. The molecule has 7 nitrogen and oxygen atoms in total. The van der Waals surface area contributed by atoms with Gasteiger partial charge in [-0.15, -0.1) is 0 Å². The summed E-state index contributed by atoms with van der Waals surface area (Å²) in [6.07, 6.45) is 1.22. The van der Waals surface area contributed by atoms with Crippen molar-refractivity contribution in [2.45, 2.75) is 32.8 Å². The number of hydrogen-bond acceptors (Lipinski definition) is 6. The van der Waals surface area contributed by atoms with Crippen molar-refractivity contribution >= 4 is 23.4 Å². The van der Waals surface area contributed by atoms with Crippen molar-refractivity contribution in [1.82, 2.24) is 14.9 Å². The van der Waals surface area contributed by atoms with Crippen molar-refractivity contribution in [1.29, 1.82) is 0 Å². The molecular weight excluding hydrogens is 414 g/mol. The Labute approximate surface area is 194 Å². The minimum atomic E-state index is -0.391. The molecule has 1 atom stereocenters. The predicted molar refractivity (Wildman–Crippen MR) is 129 cm³/mol. The van der Waals surface area contributed by atoms with Crippen molar-refractivity contribution in [3.05, 3.63) is 71.4 Å². The Bertz CT molecular complexity index is 1140. The number of benzene rings is 2. The molecule has 33 heavy (non-hydrogen) atoms. The zero-order valence-corrected chi connectivity index (χ0v) is 19.1. The summed E-state index contributed by atoms with van der Waals surface area (Å²) in [6, 6.07) is 18.2. The first-order chi connectivity index (χ1) is 16.0. The van der Waals surface area contributed by atoms with Crippen LogP contribution in [0.15, 0.2) is 54.6 Å². The molecule has 0 spiro atoms. The van der Waals surface area contributed by atoms with Gasteiger partial charge in [-0.1, -0.05) is 35.9 Å². The average molecular weight is 444 g/mol. The number of rotatable bonds is 4. The topological polar surface area (TPSA) is 70.6 Å². The zero-order valence-electron chi connectivity index (χ0n) is 19.1. The standard InChI is InChI=1S/C26H29N5O2/c1-18-7-10-21(11-8-18)28-26-27-19(2)17-24(29-26)30-13-15-31(16-14-30)25(32)23-12-9-20-5-3-4-6-22(20)33-23/h3-8,10-11,17,23H,9,12-16H2,1-2H3,(H,27,28,29). The number of piperazine rings is 1. The molecule has 1 amide bonds. The average Bonchev–Trinajstić information content (AvgIpc) is 2.84. The SMILES string of the molecule is Cc1ccc(Nc2nc(C)cc(N3CCN(C(=O)C4CCc5ccccc5O4)CC3)n2)cc1. The van der Waals surface area contributed by atoms with Crippen LogP contribution in [0.5, 0.6) is 5.75 Å². The third kappa shape index (κ3) is 4.77. The summed E-state index contributed by atoms with van der Waals surface area (Å²) in [6.45, 7) is 6.82. The summed E-state index contributed by atoms with van der Waals surface area (Å²) in [5.41, 5.74) is 4.26. The first kappa shape index (κ1) is 21.2. The van der Waals surface area contributed by atoms with E-state index in [2.05, 4.69) is 40.3 Å². The van der Waals surface area contributed by atoms with E-state index >= 15 is 0 Å². The molecule has 1 aromatic heterocycles. The Kier molecular flexibility index (Phi) is 5.86. The highest BCUT2D eigenvalue weighted by Crippen LogP contribution is 2.28. The lowest BCUT2D eigenvalue weighted by Gasteiger charge is -2.37. The number of carbonyl (C=O) groups is 1. The van der Waals surface area contributed by atoms with Crippen LogP contribution in [0.1, 0.15) is 23.2 Å². The highest BCUT2D eigenvalue weighted by Gasteiger charge is 2.31. The lowest BCUT2D eigenvalue weighted by molar-refractivity contribution is -0.139. The number of ether oxygens (including phenoxy) is 1. The summed E-state index contributed by atoms with van der Waals surface area (Å²) < 4.78 is 6.02. The van der Waals surface area contributed by atoms with Gasteiger partial charge in [0.2, 0.25) is 5.95 Å². The van der Waals surface area contributed by atoms with Crippen molar-refractivity contribution in [2.75, 3.05) is 36.4 Å². The van der Waals surface area contributed by atoms with Gasteiger partial charge in [0, 0.05) is 43.6 Å². The molecule has 0 saturated carbocycles. The largest absolute Gasteiger partial charge is 0.480 e. The van der Waals surface area contributed by atoms with Crippen molar-refractivity contribution in [3.8, 4) is 5.75 Å². The summed E-state index contributed by atoms with van der Waals surface area (Å²) in [5.74, 6) is 2.39. The molecule has 2 aromatic carbocycles. The molecule has 1 N–H and O–H groups in total. The van der Waals surface area contributed by atoms with Gasteiger partial charge in [0.1, 0.15) is 11.6 Å². The maximum absolute atomic E-state index is 13.1. The third-order valence-electron chi connectivity index (χ3n) is 6.26. The van der Waals surface area contributed by atoms with Gasteiger partial charge in [0.15, 0.2) is 6.10 Å². The minimum Gasteiger partial charge on any atom is -0.480 e. The van der Waals surface area contributed by atoms with Gasteiger partial charge in [-0.25, -0.2) is 4.98 Å². The number of anilines is 3. The second-order valence-corrected chi connectivity index (χ2v) is 8.75. The number of amides is 1. The van der Waals surface area contributed by atoms with Gasteiger partial charge >= 0.3 is 0 Å². The molecule has 1 fully saturated rings. The van der Waals surface area contributed by atoms with Gasteiger partial charge in [-0.3, -0.25) is 4.79 Å². The molecule has 0 aliphatic carbocycles. The van der Waals surface area contributed by atoms with Gasteiger partial charge in [-0.2, -0.15) is 4.98 Å².